The lowest BCUT2D eigenvalue weighted by Gasteiger charge is -2.32. The molecule has 3 fully saturated rings. The lowest BCUT2D eigenvalue weighted by atomic mass is 9.99. The average Bonchev–Trinajstić information content (AvgIpc) is 4.06. The van der Waals surface area contributed by atoms with Gasteiger partial charge in [-0.05, 0) is 116 Å². The Morgan fingerprint density at radius 3 is 1.90 bits per heavy atom. The number of ether oxygens (including phenoxy) is 1. The summed E-state index contributed by atoms with van der Waals surface area (Å²) in [7, 11) is 0. The maximum atomic E-state index is 14.4. The number of nitrogens with one attached hydrogen (secondary N) is 5. The highest BCUT2D eigenvalue weighted by Gasteiger charge is 2.45. The molecule has 0 radical (unpaired) electrons. The van der Waals surface area contributed by atoms with Crippen LogP contribution in [0.2, 0.25) is 0 Å². The molecule has 3 aliphatic rings. The summed E-state index contributed by atoms with van der Waals surface area (Å²) in [5, 5.41) is 45.6. The highest BCUT2D eigenvalue weighted by atomic mass is 16.5. The van der Waals surface area contributed by atoms with Gasteiger partial charge in [0.1, 0.15) is 47.8 Å². The van der Waals surface area contributed by atoms with E-state index in [1.54, 1.807) is 50.2 Å². The normalized spacial score (nSPS) is 24.4. The zero-order chi connectivity index (χ0) is 55.3. The van der Waals surface area contributed by atoms with Crippen molar-refractivity contribution in [3.63, 3.8) is 0 Å². The topological polar surface area (TPSA) is 282 Å². The molecular weight excluding hydrogens is 985 g/mol. The minimum absolute atomic E-state index is 0.00549. The van der Waals surface area contributed by atoms with E-state index in [0.717, 1.165) is 57.7 Å². The van der Waals surface area contributed by atoms with Gasteiger partial charge < -0.3 is 62.2 Å². The Kier molecular flexibility index (Phi) is 19.8. The van der Waals surface area contributed by atoms with Crippen LogP contribution in [0.1, 0.15) is 95.0 Å². The van der Waals surface area contributed by atoms with Crippen molar-refractivity contribution in [2.75, 3.05) is 26.2 Å². The zero-order valence-electron chi connectivity index (χ0n) is 44.3. The lowest BCUT2D eigenvalue weighted by molar-refractivity contribution is -0.145. The van der Waals surface area contributed by atoms with Gasteiger partial charge in [0, 0.05) is 37.7 Å². The van der Waals surface area contributed by atoms with Crippen LogP contribution in [0.5, 0.6) is 11.5 Å². The van der Waals surface area contributed by atoms with Crippen molar-refractivity contribution in [1.29, 1.82) is 0 Å². The summed E-state index contributed by atoms with van der Waals surface area (Å²) in [4.78, 5) is 102. The number of benzene rings is 4. The molecule has 77 heavy (non-hydrogen) atoms. The number of fused-ring (bicyclic) bond motifs is 2. The number of carbonyl (C=O) groups excluding carboxylic acids is 7. The molecule has 9 atom stereocenters. The first-order valence-corrected chi connectivity index (χ1v) is 26.8. The molecule has 0 aliphatic carbocycles. The largest absolute Gasteiger partial charge is 0.508 e. The van der Waals surface area contributed by atoms with Crippen molar-refractivity contribution in [2.24, 2.45) is 11.7 Å². The van der Waals surface area contributed by atoms with Gasteiger partial charge in [-0.3, -0.25) is 33.6 Å². The molecule has 0 saturated carbocycles. The molecule has 0 bridgehead atoms. The second-order valence-electron chi connectivity index (χ2n) is 20.8. The lowest BCUT2D eigenvalue weighted by Crippen LogP contribution is -2.61. The quantitative estimate of drug-likeness (QED) is 0.0823. The van der Waals surface area contributed by atoms with Gasteiger partial charge in [0.2, 0.25) is 35.4 Å². The van der Waals surface area contributed by atoms with Crippen LogP contribution in [0.4, 0.5) is 0 Å². The third-order valence-electron chi connectivity index (χ3n) is 14.5. The SMILES string of the molecule is CCCCCOc1ccc(-c2ccc(-c3ccc(C(=O)N[C@H]4CCCNC(=O)C5C[C@H](N)CN5C(=O)C(C(C)C)NC(=O)C(CCc5ccc(O)cc5)NC(=O)C5C[C@@H](O)CN5C(=O)C(C(C)O)NC4=O)cc3)cc2)cc1. The van der Waals surface area contributed by atoms with Crippen LogP contribution in [0, 0.1) is 5.92 Å². The maximum absolute atomic E-state index is 14.4. The standard InChI is InChI=1S/C58H74N8O11/c1-5-6-7-29-77-45-25-21-40(22-26-45)38-15-13-37(14-16-38)39-17-19-41(20-18-39)52(70)61-46-9-8-28-60-55(73)48-30-42(59)32-65(48)57(75)50(34(2)3)63-54(72)47(27-12-36-10-23-43(68)24-11-36)62-56(74)49-31-44(69)33-66(49)58(76)51(35(4)67)64-53(46)71/h10-11,13-26,34-35,42,44,46-51,67-69H,5-9,12,27-33,59H2,1-4H3,(H,60,73)(H,61,70)(H,62,74)(H,63,72)(H,64,71)/t35?,42-,44+,46-,47?,48?,49?,50?,51?/m0/s1. The molecule has 19 heteroatoms. The Morgan fingerprint density at radius 1 is 0.714 bits per heavy atom. The Hall–Kier alpha value is -7.35. The molecule has 3 heterocycles. The molecule has 0 aromatic heterocycles. The number of hydrogen-bond donors (Lipinski definition) is 9. The van der Waals surface area contributed by atoms with E-state index in [0.29, 0.717) is 6.61 Å². The first kappa shape index (κ1) is 57.4. The molecule has 10 N–H and O–H groups in total. The number of aryl methyl sites for hydroxylation is 1. The van der Waals surface area contributed by atoms with Gasteiger partial charge in [-0.15, -0.1) is 0 Å². The Labute approximate surface area is 449 Å². The molecule has 412 valence electrons. The molecule has 4 aromatic carbocycles. The van der Waals surface area contributed by atoms with Crippen LogP contribution in [0.25, 0.3) is 22.3 Å². The Bertz CT molecular complexity index is 2680. The Balaban J connectivity index is 1.11. The van der Waals surface area contributed by atoms with E-state index in [1.807, 2.05) is 48.5 Å². The molecule has 7 amide bonds. The second kappa shape index (κ2) is 26.6. The van der Waals surface area contributed by atoms with E-state index < -0.39 is 102 Å². The summed E-state index contributed by atoms with van der Waals surface area (Å²) in [6.45, 7) is 7.27. The van der Waals surface area contributed by atoms with E-state index in [-0.39, 0.29) is 69.5 Å². The number of phenols is 1. The van der Waals surface area contributed by atoms with Gasteiger partial charge in [0.15, 0.2) is 0 Å². The van der Waals surface area contributed by atoms with Gasteiger partial charge in [0.25, 0.3) is 5.91 Å². The minimum Gasteiger partial charge on any atom is -0.508 e. The number of nitrogens with two attached hydrogens (primary N) is 1. The van der Waals surface area contributed by atoms with Crippen LogP contribution in [-0.2, 0) is 35.2 Å². The number of aromatic hydroxyl groups is 1. The van der Waals surface area contributed by atoms with E-state index in [9.17, 15) is 48.9 Å². The molecule has 3 saturated heterocycles. The molecule has 7 rings (SSSR count). The van der Waals surface area contributed by atoms with Crippen LogP contribution in [-0.4, -0.2) is 147 Å². The third-order valence-corrected chi connectivity index (χ3v) is 14.5. The molecule has 3 aliphatic heterocycles. The highest BCUT2D eigenvalue weighted by molar-refractivity contribution is 6.00. The number of aliphatic hydroxyl groups excluding tert-OH is 2. The number of amides is 7. The smallest absolute Gasteiger partial charge is 0.251 e. The van der Waals surface area contributed by atoms with E-state index in [4.69, 9.17) is 10.5 Å². The van der Waals surface area contributed by atoms with E-state index in [2.05, 4.69) is 33.5 Å². The number of carbonyl (C=O) groups is 7. The number of phenolic OH excluding ortho intramolecular Hbond substituents is 1. The maximum Gasteiger partial charge on any atom is 0.251 e. The second-order valence-corrected chi connectivity index (χ2v) is 20.8. The van der Waals surface area contributed by atoms with Gasteiger partial charge >= 0.3 is 0 Å². The summed E-state index contributed by atoms with van der Waals surface area (Å²) in [5.41, 5.74) is 11.1. The molecule has 6 unspecified atom stereocenters. The van der Waals surface area contributed by atoms with Crippen molar-refractivity contribution in [3.05, 3.63) is 108 Å². The van der Waals surface area contributed by atoms with Gasteiger partial charge in [-0.1, -0.05) is 94.3 Å². The molecule has 4 aromatic rings. The predicted octanol–water partition coefficient (Wildman–Crippen LogP) is 3.32. The first-order chi connectivity index (χ1) is 36.9. The van der Waals surface area contributed by atoms with Crippen molar-refractivity contribution in [2.45, 2.75) is 140 Å². The summed E-state index contributed by atoms with van der Waals surface area (Å²) < 4.78 is 5.86. The van der Waals surface area contributed by atoms with Gasteiger partial charge in [0.05, 0.1) is 18.8 Å². The number of unbranched alkanes of at least 4 members (excludes halogenated alkanes) is 2. The van der Waals surface area contributed by atoms with Crippen molar-refractivity contribution >= 4 is 41.4 Å². The van der Waals surface area contributed by atoms with Crippen molar-refractivity contribution in [3.8, 4) is 33.8 Å². The number of rotatable bonds is 14. The highest BCUT2D eigenvalue weighted by Crippen LogP contribution is 2.28. The summed E-state index contributed by atoms with van der Waals surface area (Å²) >= 11 is 0. The van der Waals surface area contributed by atoms with E-state index >= 15 is 0 Å². The van der Waals surface area contributed by atoms with Gasteiger partial charge in [-0.2, -0.15) is 0 Å². The predicted molar refractivity (Wildman–Crippen MR) is 289 cm³/mol. The summed E-state index contributed by atoms with van der Waals surface area (Å²) in [6.07, 6.45) is 0.777. The van der Waals surface area contributed by atoms with Crippen LogP contribution < -0.4 is 37.1 Å². The van der Waals surface area contributed by atoms with Crippen molar-refractivity contribution in [1.82, 2.24) is 36.4 Å². The minimum atomic E-state index is -1.65. The van der Waals surface area contributed by atoms with Crippen LogP contribution in [0.3, 0.4) is 0 Å². The molecule has 19 nitrogen and oxygen atoms in total. The fourth-order valence-electron chi connectivity index (χ4n) is 10.0. The van der Waals surface area contributed by atoms with Crippen LogP contribution >= 0.6 is 0 Å². The molecule has 0 spiro atoms. The fraction of sp³-hybridized carbons (Fsp3) is 0.466. The fourth-order valence-corrected chi connectivity index (χ4v) is 10.0. The number of nitrogens with zero attached hydrogens (tertiary/aromatic N) is 2. The first-order valence-electron chi connectivity index (χ1n) is 26.8. The third kappa shape index (κ3) is 15.0. The number of hydrogen-bond acceptors (Lipinski definition) is 12. The number of aliphatic hydroxyl groups is 2. The van der Waals surface area contributed by atoms with E-state index in [1.165, 1.54) is 24.0 Å². The summed E-state index contributed by atoms with van der Waals surface area (Å²) in [6, 6.07) is 20.8. The summed E-state index contributed by atoms with van der Waals surface area (Å²) in [5.74, 6) is -4.58. The average molecular weight is 1060 g/mol. The van der Waals surface area contributed by atoms with Crippen LogP contribution in [0.15, 0.2) is 97.1 Å². The molecular formula is C58H74N8O11. The van der Waals surface area contributed by atoms with Crippen molar-refractivity contribution < 1.29 is 53.6 Å². The monoisotopic (exact) mass is 1060 g/mol. The zero-order valence-corrected chi connectivity index (χ0v) is 44.3. The van der Waals surface area contributed by atoms with Gasteiger partial charge in [-0.25, -0.2) is 0 Å². The Morgan fingerprint density at radius 2 is 1.29 bits per heavy atom.